The van der Waals surface area contributed by atoms with Crippen LogP contribution in [0.4, 0.5) is 4.39 Å². The van der Waals surface area contributed by atoms with E-state index >= 15 is 0 Å². The van der Waals surface area contributed by atoms with Crippen LogP contribution in [-0.4, -0.2) is 45.0 Å². The highest BCUT2D eigenvalue weighted by Crippen LogP contribution is 2.15. The van der Waals surface area contributed by atoms with Gasteiger partial charge in [-0.1, -0.05) is 31.2 Å². The quantitative estimate of drug-likeness (QED) is 0.882. The molecule has 0 bridgehead atoms. The highest BCUT2D eigenvalue weighted by atomic mass is 19.1. The Morgan fingerprint density at radius 1 is 1.41 bits per heavy atom. The second-order valence-corrected chi connectivity index (χ2v) is 5.62. The monoisotopic (exact) mass is 305 g/mol. The highest BCUT2D eigenvalue weighted by molar-refractivity contribution is 5.78. The van der Waals surface area contributed by atoms with Gasteiger partial charge in [0.2, 0.25) is 5.91 Å². The number of likely N-dealkylation sites (N-methyl/N-ethyl adjacent to an activating group) is 1. The van der Waals surface area contributed by atoms with Gasteiger partial charge in [0, 0.05) is 25.4 Å². The molecule has 0 spiro atoms. The summed E-state index contributed by atoms with van der Waals surface area (Å²) in [6.07, 6.45) is 0.511. The minimum atomic E-state index is -0.281. The first kappa shape index (κ1) is 16.1. The van der Waals surface area contributed by atoms with Crippen molar-refractivity contribution in [3.63, 3.8) is 0 Å². The Morgan fingerprint density at radius 2 is 2.18 bits per heavy atom. The molecule has 2 atom stereocenters. The number of aromatic nitrogens is 4. The number of nitrogens with zero attached hydrogens (tertiary/aromatic N) is 4. The second-order valence-electron chi connectivity index (χ2n) is 5.62. The van der Waals surface area contributed by atoms with Crippen LogP contribution < -0.4 is 0 Å². The fraction of sp³-hybridized carbons (Fsp3) is 0.467. The van der Waals surface area contributed by atoms with Gasteiger partial charge in [-0.25, -0.2) is 4.39 Å². The van der Waals surface area contributed by atoms with Crippen LogP contribution >= 0.6 is 0 Å². The van der Waals surface area contributed by atoms with E-state index < -0.39 is 0 Å². The van der Waals surface area contributed by atoms with E-state index in [2.05, 4.69) is 20.6 Å². The molecule has 0 aliphatic heterocycles. The van der Waals surface area contributed by atoms with Crippen molar-refractivity contribution in [2.24, 2.45) is 5.92 Å². The average molecular weight is 305 g/mol. The van der Waals surface area contributed by atoms with Crippen LogP contribution in [-0.2, 0) is 11.2 Å². The zero-order valence-corrected chi connectivity index (χ0v) is 13.0. The van der Waals surface area contributed by atoms with Gasteiger partial charge in [0.15, 0.2) is 5.82 Å². The predicted molar refractivity (Wildman–Crippen MR) is 79.5 cm³/mol. The van der Waals surface area contributed by atoms with Crippen molar-refractivity contribution in [3.05, 3.63) is 41.5 Å². The molecule has 0 unspecified atom stereocenters. The average Bonchev–Trinajstić information content (AvgIpc) is 3.00. The molecule has 1 amide bonds. The standard InChI is InChI=1S/C15H20FN5O/c1-10(7-12-5-4-6-13(16)8-12)15(22)21(3)9-11(2)14-17-19-20-18-14/h4-6,8,10-11H,7,9H2,1-3H3,(H,17,18,19,20)/t10-,11-/m1/s1. The molecule has 0 fully saturated rings. The summed E-state index contributed by atoms with van der Waals surface area (Å²) in [4.78, 5) is 14.1. The third-order valence-electron chi connectivity index (χ3n) is 3.58. The lowest BCUT2D eigenvalue weighted by atomic mass is 9.99. The molecule has 0 saturated heterocycles. The molecule has 1 aromatic carbocycles. The molecule has 0 saturated carbocycles. The van der Waals surface area contributed by atoms with Gasteiger partial charge in [-0.15, -0.1) is 10.2 Å². The van der Waals surface area contributed by atoms with Crippen LogP contribution in [0.25, 0.3) is 0 Å². The number of halogens is 1. The third kappa shape index (κ3) is 4.09. The van der Waals surface area contributed by atoms with Crippen LogP contribution in [0.15, 0.2) is 24.3 Å². The summed E-state index contributed by atoms with van der Waals surface area (Å²) >= 11 is 0. The number of tetrazole rings is 1. The van der Waals surface area contributed by atoms with Crippen molar-refractivity contribution in [3.8, 4) is 0 Å². The van der Waals surface area contributed by atoms with E-state index in [4.69, 9.17) is 0 Å². The fourth-order valence-corrected chi connectivity index (χ4v) is 2.44. The lowest BCUT2D eigenvalue weighted by Crippen LogP contribution is -2.35. The van der Waals surface area contributed by atoms with Crippen molar-refractivity contribution in [1.82, 2.24) is 25.5 Å². The number of hydrogen-bond acceptors (Lipinski definition) is 4. The molecule has 1 heterocycles. The van der Waals surface area contributed by atoms with Gasteiger partial charge in [-0.2, -0.15) is 5.21 Å². The van der Waals surface area contributed by atoms with E-state index in [0.717, 1.165) is 5.56 Å². The largest absolute Gasteiger partial charge is 0.345 e. The molecule has 2 aromatic rings. The zero-order valence-electron chi connectivity index (χ0n) is 13.0. The van der Waals surface area contributed by atoms with E-state index in [1.807, 2.05) is 19.9 Å². The van der Waals surface area contributed by atoms with Crippen LogP contribution in [0.5, 0.6) is 0 Å². The number of carbonyl (C=O) groups excluding carboxylic acids is 1. The smallest absolute Gasteiger partial charge is 0.225 e. The second kappa shape index (κ2) is 7.11. The number of amides is 1. The summed E-state index contributed by atoms with van der Waals surface area (Å²) in [5.41, 5.74) is 0.820. The number of nitrogens with one attached hydrogen (secondary N) is 1. The van der Waals surface area contributed by atoms with Crippen molar-refractivity contribution in [2.75, 3.05) is 13.6 Å². The number of aromatic amines is 1. The van der Waals surface area contributed by atoms with Crippen molar-refractivity contribution < 1.29 is 9.18 Å². The lowest BCUT2D eigenvalue weighted by molar-refractivity contribution is -0.133. The first-order valence-electron chi connectivity index (χ1n) is 7.20. The first-order valence-corrected chi connectivity index (χ1v) is 7.20. The summed E-state index contributed by atoms with van der Waals surface area (Å²) in [7, 11) is 1.75. The maximum atomic E-state index is 13.2. The maximum absolute atomic E-state index is 13.2. The number of carbonyl (C=O) groups is 1. The Kier molecular flexibility index (Phi) is 5.19. The molecule has 22 heavy (non-hydrogen) atoms. The van der Waals surface area contributed by atoms with Gasteiger partial charge in [0.05, 0.1) is 0 Å². The topological polar surface area (TPSA) is 74.8 Å². The van der Waals surface area contributed by atoms with Gasteiger partial charge < -0.3 is 4.90 Å². The molecule has 0 radical (unpaired) electrons. The molecule has 0 aliphatic carbocycles. The fourth-order valence-electron chi connectivity index (χ4n) is 2.44. The van der Waals surface area contributed by atoms with E-state index in [9.17, 15) is 9.18 Å². The van der Waals surface area contributed by atoms with Gasteiger partial charge in [0.25, 0.3) is 0 Å². The van der Waals surface area contributed by atoms with Crippen molar-refractivity contribution in [1.29, 1.82) is 0 Å². The van der Waals surface area contributed by atoms with Crippen LogP contribution in [0.1, 0.15) is 31.2 Å². The van der Waals surface area contributed by atoms with E-state index in [1.54, 1.807) is 18.0 Å². The van der Waals surface area contributed by atoms with Gasteiger partial charge in [0.1, 0.15) is 5.82 Å². The van der Waals surface area contributed by atoms with E-state index in [1.165, 1.54) is 12.1 Å². The molecule has 0 aliphatic rings. The number of benzene rings is 1. The highest BCUT2D eigenvalue weighted by Gasteiger charge is 2.21. The van der Waals surface area contributed by atoms with Crippen LogP contribution in [0, 0.1) is 11.7 Å². The summed E-state index contributed by atoms with van der Waals surface area (Å²) in [6, 6.07) is 6.35. The van der Waals surface area contributed by atoms with Crippen molar-refractivity contribution in [2.45, 2.75) is 26.2 Å². The summed E-state index contributed by atoms with van der Waals surface area (Å²) in [5.74, 6) is 0.0895. The first-order chi connectivity index (χ1) is 10.5. The third-order valence-corrected chi connectivity index (χ3v) is 3.58. The number of rotatable bonds is 6. The Bertz CT molecular complexity index is 616. The predicted octanol–water partition coefficient (Wildman–Crippen LogP) is 1.78. The SMILES string of the molecule is C[C@H](Cc1cccc(F)c1)C(=O)N(C)C[C@@H](C)c1nn[nH]n1. The van der Waals surface area contributed by atoms with Crippen LogP contribution in [0.2, 0.25) is 0 Å². The molecular weight excluding hydrogens is 285 g/mol. The van der Waals surface area contributed by atoms with Gasteiger partial charge in [-0.05, 0) is 24.1 Å². The van der Waals surface area contributed by atoms with Gasteiger partial charge >= 0.3 is 0 Å². The Labute approximate surface area is 128 Å². The Morgan fingerprint density at radius 3 is 2.82 bits per heavy atom. The summed E-state index contributed by atoms with van der Waals surface area (Å²) < 4.78 is 13.2. The number of H-pyrrole nitrogens is 1. The summed E-state index contributed by atoms with van der Waals surface area (Å²) in [5, 5.41) is 13.8. The van der Waals surface area contributed by atoms with Crippen LogP contribution in [0.3, 0.4) is 0 Å². The van der Waals surface area contributed by atoms with E-state index in [-0.39, 0.29) is 23.6 Å². The summed E-state index contributed by atoms with van der Waals surface area (Å²) in [6.45, 7) is 4.29. The Hall–Kier alpha value is -2.31. The molecule has 7 heteroatoms. The molecule has 118 valence electrons. The zero-order chi connectivity index (χ0) is 16.1. The lowest BCUT2D eigenvalue weighted by Gasteiger charge is -2.23. The normalized spacial score (nSPS) is 13.6. The molecule has 6 nitrogen and oxygen atoms in total. The minimum absolute atomic E-state index is 0.00549. The number of hydrogen-bond donors (Lipinski definition) is 1. The molecule has 1 N–H and O–H groups in total. The Balaban J connectivity index is 1.92. The molecular formula is C15H20FN5O. The van der Waals surface area contributed by atoms with Gasteiger partial charge in [-0.3, -0.25) is 4.79 Å². The maximum Gasteiger partial charge on any atom is 0.225 e. The van der Waals surface area contributed by atoms with Crippen molar-refractivity contribution >= 4 is 5.91 Å². The van der Waals surface area contributed by atoms with E-state index in [0.29, 0.717) is 18.8 Å². The molecule has 2 rings (SSSR count). The minimum Gasteiger partial charge on any atom is -0.345 e. The molecule has 1 aromatic heterocycles.